The summed E-state index contributed by atoms with van der Waals surface area (Å²) in [5.74, 6) is 0.333. The highest BCUT2D eigenvalue weighted by atomic mass is 32.2. The quantitative estimate of drug-likeness (QED) is 0.817. The Kier molecular flexibility index (Phi) is 6.05. The molecule has 0 aromatic heterocycles. The van der Waals surface area contributed by atoms with E-state index in [2.05, 4.69) is 6.07 Å². The molecule has 0 aliphatic carbocycles. The van der Waals surface area contributed by atoms with E-state index < -0.39 is 5.60 Å². The van der Waals surface area contributed by atoms with Crippen LogP contribution >= 0.6 is 11.8 Å². The van der Waals surface area contributed by atoms with E-state index in [-0.39, 0.29) is 5.91 Å². The molecular formula is C15H20N2O2S. The Labute approximate surface area is 124 Å². The number of thioether (sulfide) groups is 1. The highest BCUT2D eigenvalue weighted by Crippen LogP contribution is 2.19. The number of hydrogen-bond donors (Lipinski definition) is 1. The van der Waals surface area contributed by atoms with Crippen molar-refractivity contribution in [3.05, 3.63) is 29.8 Å². The molecule has 1 amide bonds. The third kappa shape index (κ3) is 5.64. The molecule has 0 radical (unpaired) electrons. The van der Waals surface area contributed by atoms with E-state index in [1.165, 1.54) is 11.8 Å². The average Bonchev–Trinajstić information content (AvgIpc) is 2.41. The summed E-state index contributed by atoms with van der Waals surface area (Å²) in [4.78, 5) is 14.7. The van der Waals surface area contributed by atoms with Crippen LogP contribution in [0.1, 0.15) is 26.3 Å². The summed E-state index contributed by atoms with van der Waals surface area (Å²) in [7, 11) is 0. The fraction of sp³-hybridized carbons (Fsp3) is 0.467. The first-order valence-electron chi connectivity index (χ1n) is 6.49. The Bertz CT molecular complexity index is 486. The summed E-state index contributed by atoms with van der Waals surface area (Å²) in [6.45, 7) is 6.19. The molecule has 0 bridgehead atoms. The number of carbonyl (C=O) groups excluding carboxylic acids is 1. The maximum absolute atomic E-state index is 12.1. The zero-order chi connectivity index (χ0) is 15.2. The molecule has 5 heteroatoms. The molecule has 1 N–H and O–H groups in total. The van der Waals surface area contributed by atoms with Gasteiger partial charge in [-0.1, -0.05) is 0 Å². The Morgan fingerprint density at radius 2 is 2.00 bits per heavy atom. The molecule has 0 saturated heterocycles. The first kappa shape index (κ1) is 16.5. The van der Waals surface area contributed by atoms with E-state index in [1.54, 1.807) is 30.9 Å². The predicted molar refractivity (Wildman–Crippen MR) is 80.4 cm³/mol. The predicted octanol–water partition coefficient (Wildman–Crippen LogP) is 2.27. The number of carbonyl (C=O) groups is 1. The van der Waals surface area contributed by atoms with Crippen molar-refractivity contribution in [2.75, 3.05) is 18.8 Å². The highest BCUT2D eigenvalue weighted by molar-refractivity contribution is 8.00. The fourth-order valence-corrected chi connectivity index (χ4v) is 2.51. The molecule has 20 heavy (non-hydrogen) atoms. The van der Waals surface area contributed by atoms with Gasteiger partial charge in [-0.25, -0.2) is 0 Å². The third-order valence-electron chi connectivity index (χ3n) is 2.66. The topological polar surface area (TPSA) is 64.3 Å². The lowest BCUT2D eigenvalue weighted by molar-refractivity contribution is -0.131. The smallest absolute Gasteiger partial charge is 0.233 e. The maximum Gasteiger partial charge on any atom is 0.233 e. The van der Waals surface area contributed by atoms with Crippen molar-refractivity contribution >= 4 is 17.7 Å². The second-order valence-electron chi connectivity index (χ2n) is 5.15. The summed E-state index contributed by atoms with van der Waals surface area (Å²) >= 11 is 1.44. The molecule has 0 saturated carbocycles. The van der Waals surface area contributed by atoms with Gasteiger partial charge in [-0.2, -0.15) is 5.26 Å². The Balaban J connectivity index is 2.54. The van der Waals surface area contributed by atoms with E-state index >= 15 is 0 Å². The second-order valence-corrected chi connectivity index (χ2v) is 6.19. The number of rotatable bonds is 6. The number of nitriles is 1. The van der Waals surface area contributed by atoms with Gasteiger partial charge in [0, 0.05) is 18.0 Å². The van der Waals surface area contributed by atoms with Gasteiger partial charge in [0.05, 0.1) is 23.0 Å². The van der Waals surface area contributed by atoms with Crippen molar-refractivity contribution in [3.63, 3.8) is 0 Å². The van der Waals surface area contributed by atoms with Gasteiger partial charge in [-0.15, -0.1) is 11.8 Å². The molecule has 0 aliphatic rings. The standard InChI is InChI=1S/C15H20N2O2S/c1-4-17(11-15(2,3)19)14(18)10-20-13-7-5-12(9-16)6-8-13/h5-8,19H,4,10-11H2,1-3H3. The van der Waals surface area contributed by atoms with Gasteiger partial charge in [0.15, 0.2) is 0 Å². The van der Waals surface area contributed by atoms with E-state index in [0.29, 0.717) is 24.4 Å². The van der Waals surface area contributed by atoms with Crippen molar-refractivity contribution in [1.29, 1.82) is 5.26 Å². The number of likely N-dealkylation sites (N-methyl/N-ethyl adjacent to an activating group) is 1. The third-order valence-corrected chi connectivity index (χ3v) is 3.65. The van der Waals surface area contributed by atoms with Crippen LogP contribution in [0, 0.1) is 11.3 Å². The minimum absolute atomic E-state index is 0.00369. The van der Waals surface area contributed by atoms with Gasteiger partial charge in [0.1, 0.15) is 0 Å². The summed E-state index contributed by atoms with van der Waals surface area (Å²) < 4.78 is 0. The lowest BCUT2D eigenvalue weighted by Gasteiger charge is -2.28. The zero-order valence-electron chi connectivity index (χ0n) is 12.1. The van der Waals surface area contributed by atoms with Crippen molar-refractivity contribution in [3.8, 4) is 6.07 Å². The molecule has 4 nitrogen and oxygen atoms in total. The molecule has 1 aromatic carbocycles. The summed E-state index contributed by atoms with van der Waals surface area (Å²) in [6, 6.07) is 9.21. The van der Waals surface area contributed by atoms with E-state index in [9.17, 15) is 9.90 Å². The lowest BCUT2D eigenvalue weighted by atomic mass is 10.1. The Morgan fingerprint density at radius 3 is 2.45 bits per heavy atom. The van der Waals surface area contributed by atoms with Gasteiger partial charge in [0.2, 0.25) is 5.91 Å². The minimum atomic E-state index is -0.884. The van der Waals surface area contributed by atoms with Crippen LogP contribution in [0.4, 0.5) is 0 Å². The zero-order valence-corrected chi connectivity index (χ0v) is 12.9. The molecule has 0 heterocycles. The normalized spacial score (nSPS) is 10.9. The van der Waals surface area contributed by atoms with Crippen molar-refractivity contribution in [2.24, 2.45) is 0 Å². The largest absolute Gasteiger partial charge is 0.389 e. The van der Waals surface area contributed by atoms with Gasteiger partial charge in [-0.3, -0.25) is 4.79 Å². The Hall–Kier alpha value is -1.51. The molecule has 0 fully saturated rings. The number of nitrogens with zero attached hydrogens (tertiary/aromatic N) is 2. The van der Waals surface area contributed by atoms with E-state index in [4.69, 9.17) is 5.26 Å². The van der Waals surface area contributed by atoms with Crippen LogP contribution in [0.3, 0.4) is 0 Å². The first-order valence-corrected chi connectivity index (χ1v) is 7.47. The van der Waals surface area contributed by atoms with Gasteiger partial charge in [-0.05, 0) is 45.0 Å². The van der Waals surface area contributed by atoms with Crippen LogP contribution in [0.15, 0.2) is 29.2 Å². The SMILES string of the molecule is CCN(CC(C)(C)O)C(=O)CSc1ccc(C#N)cc1. The number of amides is 1. The number of hydrogen-bond acceptors (Lipinski definition) is 4. The van der Waals surface area contributed by atoms with Crippen LogP contribution in [0.2, 0.25) is 0 Å². The van der Waals surface area contributed by atoms with Crippen LogP contribution in [-0.4, -0.2) is 40.4 Å². The molecule has 0 unspecified atom stereocenters. The molecule has 108 valence electrons. The monoisotopic (exact) mass is 292 g/mol. The number of aliphatic hydroxyl groups is 1. The summed E-state index contributed by atoms with van der Waals surface area (Å²) in [5.41, 5.74) is -0.275. The highest BCUT2D eigenvalue weighted by Gasteiger charge is 2.21. The summed E-state index contributed by atoms with van der Waals surface area (Å²) in [5, 5.41) is 18.5. The van der Waals surface area contributed by atoms with Crippen molar-refractivity contribution in [1.82, 2.24) is 4.90 Å². The molecular weight excluding hydrogens is 272 g/mol. The van der Waals surface area contributed by atoms with Gasteiger partial charge >= 0.3 is 0 Å². The molecule has 1 aromatic rings. The lowest BCUT2D eigenvalue weighted by Crippen LogP contribution is -2.42. The number of benzene rings is 1. The fourth-order valence-electron chi connectivity index (χ4n) is 1.71. The molecule has 1 rings (SSSR count). The molecule has 0 atom stereocenters. The van der Waals surface area contributed by atoms with E-state index in [0.717, 1.165) is 4.90 Å². The molecule has 0 aliphatic heterocycles. The van der Waals surface area contributed by atoms with Crippen LogP contribution in [0.25, 0.3) is 0 Å². The maximum atomic E-state index is 12.1. The first-order chi connectivity index (χ1) is 9.35. The van der Waals surface area contributed by atoms with Crippen LogP contribution in [-0.2, 0) is 4.79 Å². The van der Waals surface area contributed by atoms with Gasteiger partial charge in [0.25, 0.3) is 0 Å². The Morgan fingerprint density at radius 1 is 1.40 bits per heavy atom. The van der Waals surface area contributed by atoms with Crippen LogP contribution < -0.4 is 0 Å². The van der Waals surface area contributed by atoms with E-state index in [1.807, 2.05) is 19.1 Å². The van der Waals surface area contributed by atoms with Crippen LogP contribution in [0.5, 0.6) is 0 Å². The minimum Gasteiger partial charge on any atom is -0.389 e. The molecule has 0 spiro atoms. The van der Waals surface area contributed by atoms with Gasteiger partial charge < -0.3 is 10.0 Å². The summed E-state index contributed by atoms with van der Waals surface area (Å²) in [6.07, 6.45) is 0. The average molecular weight is 292 g/mol. The van der Waals surface area contributed by atoms with Crippen molar-refractivity contribution in [2.45, 2.75) is 31.3 Å². The van der Waals surface area contributed by atoms with Crippen molar-refractivity contribution < 1.29 is 9.90 Å². The second kappa shape index (κ2) is 7.32.